The lowest BCUT2D eigenvalue weighted by molar-refractivity contribution is -0.130. The summed E-state index contributed by atoms with van der Waals surface area (Å²) in [6.45, 7) is 3.70. The van der Waals surface area contributed by atoms with E-state index in [1.165, 1.54) is 5.01 Å². The molecule has 0 atom stereocenters. The Labute approximate surface area is 159 Å². The third-order valence-corrected chi connectivity index (χ3v) is 4.77. The van der Waals surface area contributed by atoms with Gasteiger partial charge < -0.3 is 19.3 Å². The molecule has 0 spiro atoms. The van der Waals surface area contributed by atoms with Crippen molar-refractivity contribution in [3.05, 3.63) is 24.3 Å². The number of para-hydroxylation sites is 2. The van der Waals surface area contributed by atoms with Gasteiger partial charge in [-0.25, -0.2) is 5.01 Å². The van der Waals surface area contributed by atoms with Gasteiger partial charge in [0, 0.05) is 53.2 Å². The molecule has 0 bridgehead atoms. The lowest BCUT2D eigenvalue weighted by Crippen LogP contribution is -2.51. The molecule has 1 fully saturated rings. The van der Waals surface area contributed by atoms with E-state index in [0.717, 1.165) is 24.5 Å². The van der Waals surface area contributed by atoms with Crippen LogP contribution in [0.5, 0.6) is 5.75 Å². The van der Waals surface area contributed by atoms with Crippen LogP contribution in [0.3, 0.4) is 0 Å². The average molecular weight is 374 g/mol. The molecule has 0 aliphatic carbocycles. The molecule has 0 aromatic heterocycles. The van der Waals surface area contributed by atoms with Gasteiger partial charge >= 0.3 is 0 Å². The number of carbonyl (C=O) groups is 2. The fourth-order valence-electron chi connectivity index (χ4n) is 3.23. The van der Waals surface area contributed by atoms with Crippen LogP contribution < -0.4 is 9.64 Å². The van der Waals surface area contributed by atoms with Crippen LogP contribution in [0.15, 0.2) is 29.4 Å². The van der Waals surface area contributed by atoms with Crippen LogP contribution >= 0.6 is 0 Å². The Morgan fingerprint density at radius 1 is 1.11 bits per heavy atom. The largest absolute Gasteiger partial charge is 0.489 e. The number of amides is 2. The maximum Gasteiger partial charge on any atom is 0.270 e. The Bertz CT molecular complexity index is 713. The Morgan fingerprint density at radius 2 is 1.85 bits per heavy atom. The van der Waals surface area contributed by atoms with Crippen molar-refractivity contribution in [2.75, 3.05) is 58.5 Å². The summed E-state index contributed by atoms with van der Waals surface area (Å²) in [6.07, 6.45) is 0.756. The summed E-state index contributed by atoms with van der Waals surface area (Å²) in [7, 11) is 3.24. The van der Waals surface area contributed by atoms with E-state index in [1.807, 2.05) is 29.2 Å². The van der Waals surface area contributed by atoms with Crippen LogP contribution in [-0.4, -0.2) is 81.0 Å². The summed E-state index contributed by atoms with van der Waals surface area (Å²) in [5.41, 5.74) is 1.50. The van der Waals surface area contributed by atoms with Gasteiger partial charge in [-0.2, -0.15) is 5.10 Å². The van der Waals surface area contributed by atoms with Crippen molar-refractivity contribution in [3.63, 3.8) is 0 Å². The van der Waals surface area contributed by atoms with E-state index in [-0.39, 0.29) is 11.8 Å². The quantitative estimate of drug-likeness (QED) is 0.694. The molecule has 2 heterocycles. The van der Waals surface area contributed by atoms with Crippen LogP contribution in [0, 0.1) is 0 Å². The minimum atomic E-state index is -0.0707. The first-order valence-corrected chi connectivity index (χ1v) is 9.19. The number of hydrazone groups is 1. The first-order valence-electron chi connectivity index (χ1n) is 9.19. The molecule has 2 aliphatic heterocycles. The maximum absolute atomic E-state index is 12.7. The zero-order chi connectivity index (χ0) is 19.2. The summed E-state index contributed by atoms with van der Waals surface area (Å²) >= 11 is 0. The predicted octanol–water partition coefficient (Wildman–Crippen LogP) is 0.969. The summed E-state index contributed by atoms with van der Waals surface area (Å²) < 4.78 is 10.9. The number of ether oxygens (including phenoxy) is 2. The number of piperazine rings is 1. The van der Waals surface area contributed by atoms with Crippen molar-refractivity contribution in [2.24, 2.45) is 5.10 Å². The molecular weight excluding hydrogens is 348 g/mol. The third-order valence-electron chi connectivity index (χ3n) is 4.77. The first-order chi connectivity index (χ1) is 13.1. The Hall–Kier alpha value is -2.61. The Morgan fingerprint density at radius 3 is 2.56 bits per heavy atom. The monoisotopic (exact) mass is 374 g/mol. The maximum atomic E-state index is 12.7. The number of carbonyl (C=O) groups excluding carboxylic acids is 2. The zero-order valence-electron chi connectivity index (χ0n) is 15.9. The zero-order valence-corrected chi connectivity index (χ0v) is 15.9. The summed E-state index contributed by atoms with van der Waals surface area (Å²) in [5, 5.41) is 5.40. The number of hydrogen-bond donors (Lipinski definition) is 0. The molecule has 0 radical (unpaired) electrons. The second kappa shape index (κ2) is 8.85. The van der Waals surface area contributed by atoms with Crippen molar-refractivity contribution in [2.45, 2.75) is 12.8 Å². The highest BCUT2D eigenvalue weighted by Crippen LogP contribution is 2.29. The summed E-state index contributed by atoms with van der Waals surface area (Å²) in [4.78, 5) is 28.3. The van der Waals surface area contributed by atoms with E-state index in [9.17, 15) is 9.59 Å². The van der Waals surface area contributed by atoms with Gasteiger partial charge in [0.2, 0.25) is 5.91 Å². The number of anilines is 1. The standard InChI is InChI=1S/C19H26N4O4/c1-21-18(24)8-7-15(20-21)19(25)23-11-9-22(10-12-23)16-5-3-4-6-17(16)27-14-13-26-2/h3-6H,7-14H2,1-2H3. The predicted molar refractivity (Wildman–Crippen MR) is 102 cm³/mol. The van der Waals surface area contributed by atoms with Gasteiger partial charge in [0.15, 0.2) is 0 Å². The third kappa shape index (κ3) is 4.57. The SMILES string of the molecule is COCCOc1ccccc1N1CCN(C(=O)C2=NN(C)C(=O)CC2)CC1. The van der Waals surface area contributed by atoms with Crippen molar-refractivity contribution in [1.29, 1.82) is 0 Å². The highest BCUT2D eigenvalue weighted by molar-refractivity contribution is 6.39. The first kappa shape index (κ1) is 19.2. The molecular formula is C19H26N4O4. The number of methoxy groups -OCH3 is 1. The molecule has 8 nitrogen and oxygen atoms in total. The van der Waals surface area contributed by atoms with E-state index >= 15 is 0 Å². The van der Waals surface area contributed by atoms with Crippen LogP contribution in [0.2, 0.25) is 0 Å². The van der Waals surface area contributed by atoms with Gasteiger partial charge in [0.05, 0.1) is 12.3 Å². The van der Waals surface area contributed by atoms with Crippen molar-refractivity contribution >= 4 is 23.2 Å². The van der Waals surface area contributed by atoms with Gasteiger partial charge in [0.1, 0.15) is 18.1 Å². The molecule has 0 saturated carbocycles. The van der Waals surface area contributed by atoms with E-state index in [4.69, 9.17) is 9.47 Å². The lowest BCUT2D eigenvalue weighted by atomic mass is 10.1. The number of benzene rings is 1. The highest BCUT2D eigenvalue weighted by Gasteiger charge is 2.28. The number of rotatable bonds is 6. The lowest BCUT2D eigenvalue weighted by Gasteiger charge is -2.37. The van der Waals surface area contributed by atoms with Crippen LogP contribution in [0.1, 0.15) is 12.8 Å². The molecule has 1 saturated heterocycles. The fourth-order valence-corrected chi connectivity index (χ4v) is 3.23. The molecule has 0 N–H and O–H groups in total. The van der Waals surface area contributed by atoms with Crippen molar-refractivity contribution in [3.8, 4) is 5.75 Å². The second-order valence-corrected chi connectivity index (χ2v) is 6.55. The van der Waals surface area contributed by atoms with Crippen LogP contribution in [0.4, 0.5) is 5.69 Å². The molecule has 0 unspecified atom stereocenters. The smallest absolute Gasteiger partial charge is 0.270 e. The number of hydrogen-bond acceptors (Lipinski definition) is 6. The van der Waals surface area contributed by atoms with Gasteiger partial charge in [0.25, 0.3) is 5.91 Å². The minimum absolute atomic E-state index is 0.0542. The summed E-state index contributed by atoms with van der Waals surface area (Å²) in [5.74, 6) is 0.700. The molecule has 146 valence electrons. The summed E-state index contributed by atoms with van der Waals surface area (Å²) in [6, 6.07) is 7.92. The molecule has 2 aliphatic rings. The van der Waals surface area contributed by atoms with Gasteiger partial charge in [-0.1, -0.05) is 12.1 Å². The molecule has 1 aromatic rings. The van der Waals surface area contributed by atoms with Crippen molar-refractivity contribution in [1.82, 2.24) is 9.91 Å². The van der Waals surface area contributed by atoms with E-state index < -0.39 is 0 Å². The Kier molecular flexibility index (Phi) is 6.28. The minimum Gasteiger partial charge on any atom is -0.489 e. The van der Waals surface area contributed by atoms with Gasteiger partial charge in [-0.05, 0) is 12.1 Å². The molecule has 8 heteroatoms. The Balaban J connectivity index is 1.60. The van der Waals surface area contributed by atoms with Gasteiger partial charge in [-0.15, -0.1) is 0 Å². The molecule has 27 heavy (non-hydrogen) atoms. The number of nitrogens with zero attached hydrogens (tertiary/aromatic N) is 4. The highest BCUT2D eigenvalue weighted by atomic mass is 16.5. The fraction of sp³-hybridized carbons (Fsp3) is 0.526. The second-order valence-electron chi connectivity index (χ2n) is 6.55. The average Bonchev–Trinajstić information content (AvgIpc) is 2.70. The van der Waals surface area contributed by atoms with Gasteiger partial charge in [-0.3, -0.25) is 9.59 Å². The topological polar surface area (TPSA) is 74.7 Å². The van der Waals surface area contributed by atoms with E-state index in [2.05, 4.69) is 10.0 Å². The molecule has 3 rings (SSSR count). The normalized spacial score (nSPS) is 17.8. The molecule has 2 amide bonds. The van der Waals surface area contributed by atoms with Crippen LogP contribution in [0.25, 0.3) is 0 Å². The van der Waals surface area contributed by atoms with Crippen molar-refractivity contribution < 1.29 is 19.1 Å². The van der Waals surface area contributed by atoms with Crippen LogP contribution in [-0.2, 0) is 14.3 Å². The van der Waals surface area contributed by atoms with E-state index in [1.54, 1.807) is 14.2 Å². The molecule has 1 aromatic carbocycles. The van der Waals surface area contributed by atoms with E-state index in [0.29, 0.717) is 44.9 Å².